The maximum atomic E-state index is 13.1. The van der Waals surface area contributed by atoms with E-state index >= 15 is 0 Å². The van der Waals surface area contributed by atoms with E-state index in [1.807, 2.05) is 99.2 Å². The summed E-state index contributed by atoms with van der Waals surface area (Å²) in [5.74, 6) is 0.451. The van der Waals surface area contributed by atoms with Gasteiger partial charge in [0, 0.05) is 74.7 Å². The molecule has 0 aliphatic carbocycles. The van der Waals surface area contributed by atoms with E-state index in [4.69, 9.17) is 9.72 Å². The molecular weight excluding hydrogens is 602 g/mol. The second kappa shape index (κ2) is 13.9. The summed E-state index contributed by atoms with van der Waals surface area (Å²) >= 11 is 0. The highest BCUT2D eigenvalue weighted by Crippen LogP contribution is 2.26. The molecule has 1 aromatic heterocycles. The Hall–Kier alpha value is -5.12. The quantitative estimate of drug-likeness (QED) is 0.234. The molecule has 0 spiro atoms. The third-order valence-corrected chi connectivity index (χ3v) is 8.16. The Bertz CT molecular complexity index is 1820. The second-order valence-electron chi connectivity index (χ2n) is 14.1. The molecule has 5 rings (SSSR count). The van der Waals surface area contributed by atoms with Crippen LogP contribution in [0.2, 0.25) is 0 Å². The highest BCUT2D eigenvalue weighted by atomic mass is 16.6. The Kier molecular flexibility index (Phi) is 9.93. The van der Waals surface area contributed by atoms with Crippen molar-refractivity contribution in [1.29, 1.82) is 0 Å². The maximum absolute atomic E-state index is 13.1. The van der Waals surface area contributed by atoms with Crippen LogP contribution in [0.25, 0.3) is 11.3 Å². The van der Waals surface area contributed by atoms with Crippen molar-refractivity contribution < 1.29 is 14.3 Å². The molecule has 0 bridgehead atoms. The number of carbonyl (C=O) groups is 2. The lowest BCUT2D eigenvalue weighted by molar-refractivity contribution is 0.0240. The third-order valence-electron chi connectivity index (χ3n) is 8.16. The van der Waals surface area contributed by atoms with Gasteiger partial charge in [0.25, 0.3) is 5.91 Å². The van der Waals surface area contributed by atoms with E-state index in [9.17, 15) is 9.59 Å². The van der Waals surface area contributed by atoms with Crippen molar-refractivity contribution in [1.82, 2.24) is 14.5 Å². The summed E-state index contributed by atoms with van der Waals surface area (Å²) in [6.07, 6.45) is 1.67. The van der Waals surface area contributed by atoms with Crippen LogP contribution in [0.5, 0.6) is 0 Å². The first-order valence-corrected chi connectivity index (χ1v) is 16.3. The van der Waals surface area contributed by atoms with Crippen molar-refractivity contribution in [2.24, 2.45) is 12.0 Å². The Morgan fingerprint density at radius 3 is 2.12 bits per heavy atom. The molecular formula is C38H47N7O3. The minimum Gasteiger partial charge on any atom is -0.444 e. The number of carbonyl (C=O) groups excluding carboxylic acids is 2. The number of hydrogen-bond acceptors (Lipinski definition) is 7. The van der Waals surface area contributed by atoms with Crippen molar-refractivity contribution in [3.8, 4) is 11.3 Å². The molecule has 2 heterocycles. The van der Waals surface area contributed by atoms with Gasteiger partial charge in [0.05, 0.1) is 5.69 Å². The van der Waals surface area contributed by atoms with Crippen LogP contribution in [-0.2, 0) is 17.2 Å². The van der Waals surface area contributed by atoms with Crippen molar-refractivity contribution >= 4 is 34.9 Å². The summed E-state index contributed by atoms with van der Waals surface area (Å²) in [7, 11) is 3.68. The van der Waals surface area contributed by atoms with Crippen LogP contribution in [-0.4, -0.2) is 65.3 Å². The minimum absolute atomic E-state index is 0.0200. The molecule has 4 aromatic rings. The molecule has 1 saturated heterocycles. The van der Waals surface area contributed by atoms with E-state index in [0.717, 1.165) is 35.7 Å². The fourth-order valence-corrected chi connectivity index (χ4v) is 5.54. The molecule has 48 heavy (non-hydrogen) atoms. The summed E-state index contributed by atoms with van der Waals surface area (Å²) in [5, 5.41) is 6.48. The summed E-state index contributed by atoms with van der Waals surface area (Å²) < 4.78 is 7.47. The van der Waals surface area contributed by atoms with Gasteiger partial charge in [-0.1, -0.05) is 45.0 Å². The average Bonchev–Trinajstić information content (AvgIpc) is 3.04. The highest BCUT2D eigenvalue weighted by Gasteiger charge is 2.26. The van der Waals surface area contributed by atoms with Crippen LogP contribution in [0, 0.1) is 0 Å². The largest absolute Gasteiger partial charge is 0.444 e. The Balaban J connectivity index is 1.28. The van der Waals surface area contributed by atoms with Crippen molar-refractivity contribution in [3.05, 3.63) is 95.6 Å². The first-order valence-electron chi connectivity index (χ1n) is 16.3. The van der Waals surface area contributed by atoms with Crippen LogP contribution in [0.4, 0.5) is 27.7 Å². The van der Waals surface area contributed by atoms with Crippen molar-refractivity contribution in [3.63, 3.8) is 0 Å². The van der Waals surface area contributed by atoms with Gasteiger partial charge < -0.3 is 29.7 Å². The number of amides is 2. The fourth-order valence-electron chi connectivity index (χ4n) is 5.54. The van der Waals surface area contributed by atoms with E-state index < -0.39 is 5.60 Å². The number of anilines is 4. The van der Waals surface area contributed by atoms with Crippen LogP contribution in [0.1, 0.15) is 57.5 Å². The summed E-state index contributed by atoms with van der Waals surface area (Å²) in [4.78, 5) is 39.0. The molecule has 2 N–H and O–H groups in total. The smallest absolute Gasteiger partial charge is 0.410 e. The van der Waals surface area contributed by atoms with Crippen LogP contribution in [0.3, 0.4) is 0 Å². The number of nitrogens with one attached hydrogen (secondary N) is 2. The predicted octanol–water partition coefficient (Wildman–Crippen LogP) is 6.97. The lowest BCUT2D eigenvalue weighted by Crippen LogP contribution is -2.50. The van der Waals surface area contributed by atoms with Crippen LogP contribution in [0.15, 0.2) is 84.0 Å². The van der Waals surface area contributed by atoms with Gasteiger partial charge in [-0.3, -0.25) is 9.79 Å². The number of rotatable bonds is 6. The Morgan fingerprint density at radius 1 is 0.854 bits per heavy atom. The molecule has 10 heteroatoms. The SMILES string of the molecule is CN=c1c(Nc2ccc(N3CCN(C(=O)OC(C)(C)C)CC3)cc2)nc(-c2cccc(NC(=O)c3ccc(C(C)(C)C)cc3)c2)cn1C. The highest BCUT2D eigenvalue weighted by molar-refractivity contribution is 6.04. The second-order valence-corrected chi connectivity index (χ2v) is 14.1. The van der Waals surface area contributed by atoms with Gasteiger partial charge in [-0.05, 0) is 80.3 Å². The van der Waals surface area contributed by atoms with Gasteiger partial charge in [-0.25, -0.2) is 9.78 Å². The molecule has 2 amide bonds. The normalized spacial score (nSPS) is 14.1. The van der Waals surface area contributed by atoms with Crippen LogP contribution >= 0.6 is 0 Å². The lowest BCUT2D eigenvalue weighted by Gasteiger charge is -2.36. The summed E-state index contributed by atoms with van der Waals surface area (Å²) in [6.45, 7) is 14.8. The molecule has 10 nitrogen and oxygen atoms in total. The third kappa shape index (κ3) is 8.42. The Morgan fingerprint density at radius 2 is 1.52 bits per heavy atom. The van der Waals surface area contributed by atoms with E-state index in [0.29, 0.717) is 35.6 Å². The molecule has 1 aliphatic heterocycles. The zero-order chi connectivity index (χ0) is 34.6. The standard InChI is InChI=1S/C38H47N7O3/c1-37(2,3)28-14-12-26(13-15-28)35(46)41-30-11-9-10-27(24-30)32-25-43(8)34(39-7)33(42-32)40-29-16-18-31(19-17-29)44-20-22-45(23-21-44)36(47)48-38(4,5)6/h9-19,24-25H,20-23H2,1-8H3,(H,40,42)(H,41,46). The molecule has 1 aliphatic rings. The monoisotopic (exact) mass is 649 g/mol. The van der Waals surface area contributed by atoms with Gasteiger partial charge in [0.1, 0.15) is 5.60 Å². The van der Waals surface area contributed by atoms with Gasteiger partial charge in [-0.15, -0.1) is 0 Å². The molecule has 252 valence electrons. The molecule has 0 unspecified atom stereocenters. The fraction of sp³-hybridized carbons (Fsp3) is 0.368. The van der Waals surface area contributed by atoms with Crippen molar-refractivity contribution in [2.75, 3.05) is 48.8 Å². The molecule has 1 fully saturated rings. The first-order chi connectivity index (χ1) is 22.7. The average molecular weight is 650 g/mol. The van der Waals surface area contributed by atoms with E-state index in [1.54, 1.807) is 11.9 Å². The molecule has 0 saturated carbocycles. The van der Waals surface area contributed by atoms with Crippen molar-refractivity contribution in [2.45, 2.75) is 52.6 Å². The number of aromatic nitrogens is 2. The number of piperazine rings is 1. The Labute approximate surface area is 283 Å². The number of aryl methyl sites for hydroxylation is 1. The van der Waals surface area contributed by atoms with Gasteiger partial charge in [0.2, 0.25) is 0 Å². The number of ether oxygens (including phenoxy) is 1. The van der Waals surface area contributed by atoms with Gasteiger partial charge >= 0.3 is 6.09 Å². The maximum Gasteiger partial charge on any atom is 0.410 e. The molecule has 0 atom stereocenters. The zero-order valence-electron chi connectivity index (χ0n) is 29.3. The van der Waals surface area contributed by atoms with E-state index in [-0.39, 0.29) is 17.4 Å². The lowest BCUT2D eigenvalue weighted by atomic mass is 9.87. The molecule has 0 radical (unpaired) electrons. The minimum atomic E-state index is -0.505. The summed E-state index contributed by atoms with van der Waals surface area (Å²) in [6, 6.07) is 23.6. The number of hydrogen-bond donors (Lipinski definition) is 2. The van der Waals surface area contributed by atoms with Gasteiger partial charge in [-0.2, -0.15) is 0 Å². The first kappa shape index (κ1) is 34.2. The summed E-state index contributed by atoms with van der Waals surface area (Å²) in [5.41, 5.74) is 6.23. The van der Waals surface area contributed by atoms with E-state index in [2.05, 4.69) is 53.4 Å². The number of benzene rings is 3. The zero-order valence-corrected chi connectivity index (χ0v) is 29.3. The predicted molar refractivity (Wildman–Crippen MR) is 193 cm³/mol. The van der Waals surface area contributed by atoms with Gasteiger partial charge in [0.15, 0.2) is 11.3 Å². The molecule has 3 aromatic carbocycles. The topological polar surface area (TPSA) is 104 Å². The van der Waals surface area contributed by atoms with Crippen LogP contribution < -0.4 is 21.0 Å². The van der Waals surface area contributed by atoms with E-state index in [1.165, 1.54) is 5.56 Å². The number of nitrogens with zero attached hydrogens (tertiary/aromatic N) is 5.